The Hall–Kier alpha value is -1.26. The zero-order valence-corrected chi connectivity index (χ0v) is 11.1. The van der Waals surface area contributed by atoms with Crippen LogP contribution in [0.2, 0.25) is 0 Å². The van der Waals surface area contributed by atoms with Crippen LogP contribution in [0, 0.1) is 11.3 Å². The lowest BCUT2D eigenvalue weighted by Crippen LogP contribution is -2.61. The molecule has 5 nitrogen and oxygen atoms in total. The normalized spacial score (nSPS) is 23.1. The van der Waals surface area contributed by atoms with Crippen molar-refractivity contribution in [1.29, 1.82) is 0 Å². The van der Waals surface area contributed by atoms with Crippen LogP contribution in [0.4, 0.5) is 4.79 Å². The highest BCUT2D eigenvalue weighted by Gasteiger charge is 2.47. The highest BCUT2D eigenvalue weighted by molar-refractivity contribution is 5.87. The van der Waals surface area contributed by atoms with Crippen molar-refractivity contribution in [3.05, 3.63) is 0 Å². The quantitative estimate of drug-likeness (QED) is 0.699. The second kappa shape index (κ2) is 4.44. The van der Waals surface area contributed by atoms with E-state index in [1.165, 1.54) is 0 Å². The molecule has 0 unspecified atom stereocenters. The Balaban J connectivity index is 1.81. The van der Waals surface area contributed by atoms with Gasteiger partial charge in [-0.15, -0.1) is 0 Å². The van der Waals surface area contributed by atoms with Crippen LogP contribution in [0.5, 0.6) is 0 Å². The molecule has 2 amide bonds. The number of hydrogen-bond acceptors (Lipinski definition) is 2. The summed E-state index contributed by atoms with van der Waals surface area (Å²) in [5.74, 6) is -0.371. The molecule has 0 aromatic heterocycles. The van der Waals surface area contributed by atoms with Crippen molar-refractivity contribution in [3.8, 4) is 0 Å². The Bertz CT molecular complexity index is 357. The molecular weight excluding hydrogens is 232 g/mol. The summed E-state index contributed by atoms with van der Waals surface area (Å²) in [4.78, 5) is 22.9. The molecule has 18 heavy (non-hydrogen) atoms. The monoisotopic (exact) mass is 254 g/mol. The molecular formula is C13H22N2O3. The van der Waals surface area contributed by atoms with E-state index in [9.17, 15) is 9.59 Å². The van der Waals surface area contributed by atoms with Gasteiger partial charge in [0.15, 0.2) is 0 Å². The van der Waals surface area contributed by atoms with Crippen LogP contribution < -0.4 is 10.6 Å². The van der Waals surface area contributed by atoms with Gasteiger partial charge < -0.3 is 15.7 Å². The van der Waals surface area contributed by atoms with Gasteiger partial charge in [-0.05, 0) is 43.4 Å². The number of carboxylic acid groups (broad SMARTS) is 1. The molecule has 2 fully saturated rings. The van der Waals surface area contributed by atoms with Crippen LogP contribution >= 0.6 is 0 Å². The molecule has 5 heteroatoms. The lowest BCUT2D eigenvalue weighted by atomic mass is 9.77. The number of hydrogen-bond donors (Lipinski definition) is 3. The molecule has 0 heterocycles. The summed E-state index contributed by atoms with van der Waals surface area (Å²) in [6.07, 6.45) is 4.22. The maximum atomic E-state index is 11.8. The molecule has 0 spiro atoms. The van der Waals surface area contributed by atoms with Gasteiger partial charge in [-0.3, -0.25) is 0 Å². The van der Waals surface area contributed by atoms with Crippen molar-refractivity contribution in [1.82, 2.24) is 10.6 Å². The van der Waals surface area contributed by atoms with E-state index >= 15 is 0 Å². The topological polar surface area (TPSA) is 78.4 Å². The molecule has 0 saturated heterocycles. The number of amides is 2. The number of urea groups is 1. The first-order valence-electron chi connectivity index (χ1n) is 6.70. The molecule has 2 rings (SSSR count). The Morgan fingerprint density at radius 2 is 1.83 bits per heavy atom. The van der Waals surface area contributed by atoms with Crippen LogP contribution in [-0.4, -0.2) is 29.2 Å². The molecule has 2 aliphatic rings. The lowest BCUT2D eigenvalue weighted by Gasteiger charge is -2.38. The number of aliphatic carboxylic acids is 1. The second-order valence-electron chi connectivity index (χ2n) is 6.07. The molecule has 0 bridgehead atoms. The van der Waals surface area contributed by atoms with Crippen LogP contribution in [-0.2, 0) is 4.79 Å². The lowest BCUT2D eigenvalue weighted by molar-refractivity contribution is -0.148. The van der Waals surface area contributed by atoms with E-state index in [1.807, 2.05) is 0 Å². The van der Waals surface area contributed by atoms with Crippen molar-refractivity contribution in [3.63, 3.8) is 0 Å². The standard InChI is InChI=1S/C13H22N2O3/c1-9(2)12(6-7-12)8-14-11(18)15-13(10(16)17)4-3-5-13/h9H,3-8H2,1-2H3,(H,16,17)(H2,14,15,18). The minimum absolute atomic E-state index is 0.243. The third kappa shape index (κ3) is 2.31. The summed E-state index contributed by atoms with van der Waals surface area (Å²) < 4.78 is 0. The van der Waals surface area contributed by atoms with Gasteiger partial charge in [-0.1, -0.05) is 13.8 Å². The smallest absolute Gasteiger partial charge is 0.329 e. The molecule has 2 saturated carbocycles. The van der Waals surface area contributed by atoms with E-state index in [-0.39, 0.29) is 11.4 Å². The van der Waals surface area contributed by atoms with Crippen molar-refractivity contribution < 1.29 is 14.7 Å². The predicted octanol–water partition coefficient (Wildman–Crippen LogP) is 1.73. The number of carbonyl (C=O) groups is 2. The zero-order chi connectivity index (χ0) is 13.4. The SMILES string of the molecule is CC(C)C1(CNC(=O)NC2(C(=O)O)CCC2)CC1. The van der Waals surface area contributed by atoms with Gasteiger partial charge in [0.05, 0.1) is 0 Å². The molecule has 0 aliphatic heterocycles. The predicted molar refractivity (Wildman–Crippen MR) is 67.3 cm³/mol. The number of nitrogens with one attached hydrogen (secondary N) is 2. The van der Waals surface area contributed by atoms with E-state index in [4.69, 9.17) is 5.11 Å². The van der Waals surface area contributed by atoms with Crippen LogP contribution in [0.1, 0.15) is 46.0 Å². The van der Waals surface area contributed by atoms with Gasteiger partial charge in [0.25, 0.3) is 0 Å². The summed E-state index contributed by atoms with van der Waals surface area (Å²) in [5.41, 5.74) is -0.772. The third-order valence-electron chi connectivity index (χ3n) is 4.69. The van der Waals surface area contributed by atoms with Gasteiger partial charge >= 0.3 is 12.0 Å². The summed E-state index contributed by atoms with van der Waals surface area (Å²) in [5, 5.41) is 14.6. The van der Waals surface area contributed by atoms with Gasteiger partial charge in [0.2, 0.25) is 0 Å². The zero-order valence-electron chi connectivity index (χ0n) is 11.1. The largest absolute Gasteiger partial charge is 0.480 e. The maximum Gasteiger partial charge on any atom is 0.329 e. The Morgan fingerprint density at radius 1 is 1.22 bits per heavy atom. The van der Waals surface area contributed by atoms with E-state index < -0.39 is 11.5 Å². The van der Waals surface area contributed by atoms with E-state index in [2.05, 4.69) is 24.5 Å². The summed E-state index contributed by atoms with van der Waals surface area (Å²) in [6, 6.07) is -0.343. The summed E-state index contributed by atoms with van der Waals surface area (Å²) in [6.45, 7) is 4.97. The average molecular weight is 254 g/mol. The molecule has 0 radical (unpaired) electrons. The third-order valence-corrected chi connectivity index (χ3v) is 4.69. The molecule has 0 aromatic rings. The molecule has 2 aliphatic carbocycles. The first kappa shape index (κ1) is 13.2. The molecule has 0 atom stereocenters. The second-order valence-corrected chi connectivity index (χ2v) is 6.07. The fourth-order valence-corrected chi connectivity index (χ4v) is 2.56. The number of rotatable bonds is 5. The highest BCUT2D eigenvalue weighted by atomic mass is 16.4. The van der Waals surface area contributed by atoms with Gasteiger partial charge in [0, 0.05) is 6.54 Å². The minimum Gasteiger partial charge on any atom is -0.480 e. The number of carbonyl (C=O) groups excluding carboxylic acids is 1. The summed E-state index contributed by atoms with van der Waals surface area (Å²) >= 11 is 0. The maximum absolute atomic E-state index is 11.8. The molecule has 102 valence electrons. The average Bonchev–Trinajstić information content (AvgIpc) is 3.01. The Labute approximate surface area is 107 Å². The highest BCUT2D eigenvalue weighted by Crippen LogP contribution is 2.51. The number of carboxylic acids is 1. The van der Waals surface area contributed by atoms with Crippen molar-refractivity contribution in [2.75, 3.05) is 6.54 Å². The molecule has 3 N–H and O–H groups in total. The van der Waals surface area contributed by atoms with Crippen molar-refractivity contribution >= 4 is 12.0 Å². The molecule has 0 aromatic carbocycles. The fraction of sp³-hybridized carbons (Fsp3) is 0.846. The van der Waals surface area contributed by atoms with Crippen LogP contribution in [0.3, 0.4) is 0 Å². The van der Waals surface area contributed by atoms with Gasteiger partial charge in [-0.2, -0.15) is 0 Å². The van der Waals surface area contributed by atoms with Crippen molar-refractivity contribution in [2.45, 2.75) is 51.5 Å². The van der Waals surface area contributed by atoms with Gasteiger partial charge in [-0.25, -0.2) is 9.59 Å². The Morgan fingerprint density at radius 3 is 2.17 bits per heavy atom. The fourth-order valence-electron chi connectivity index (χ4n) is 2.56. The van der Waals surface area contributed by atoms with E-state index in [1.54, 1.807) is 0 Å². The van der Waals surface area contributed by atoms with Crippen molar-refractivity contribution in [2.24, 2.45) is 11.3 Å². The van der Waals surface area contributed by atoms with E-state index in [0.29, 0.717) is 25.3 Å². The summed E-state index contributed by atoms with van der Waals surface area (Å²) in [7, 11) is 0. The minimum atomic E-state index is -1.02. The first-order chi connectivity index (χ1) is 8.40. The van der Waals surface area contributed by atoms with Gasteiger partial charge in [0.1, 0.15) is 5.54 Å². The van der Waals surface area contributed by atoms with E-state index in [0.717, 1.165) is 19.3 Å². The Kier molecular flexibility index (Phi) is 3.25. The van der Waals surface area contributed by atoms with Crippen LogP contribution in [0.25, 0.3) is 0 Å². The van der Waals surface area contributed by atoms with Crippen LogP contribution in [0.15, 0.2) is 0 Å². The first-order valence-corrected chi connectivity index (χ1v) is 6.70.